The van der Waals surface area contributed by atoms with Gasteiger partial charge in [0.2, 0.25) is 5.43 Å². The summed E-state index contributed by atoms with van der Waals surface area (Å²) in [6.07, 6.45) is 1.96. The zero-order chi connectivity index (χ0) is 13.0. The predicted molar refractivity (Wildman–Crippen MR) is 63.5 cm³/mol. The first-order valence-electron chi connectivity index (χ1n) is 5.59. The Hall–Kier alpha value is -2.17. The average molecular weight is 247 g/mol. The highest BCUT2D eigenvalue weighted by Gasteiger charge is 2.25. The lowest BCUT2D eigenvalue weighted by atomic mass is 10.1. The van der Waals surface area contributed by atoms with Crippen molar-refractivity contribution in [3.05, 3.63) is 45.5 Å². The molecule has 0 radical (unpaired) electrons. The van der Waals surface area contributed by atoms with Gasteiger partial charge in [0.05, 0.1) is 5.52 Å². The Kier molecular flexibility index (Phi) is 2.08. The second-order valence-electron chi connectivity index (χ2n) is 4.60. The second kappa shape index (κ2) is 3.41. The molecule has 5 heteroatoms. The molecular formula is C13H10FNO3. The minimum Gasteiger partial charge on any atom is -0.477 e. The Morgan fingerprint density at radius 2 is 2.22 bits per heavy atom. The molecule has 1 aromatic carbocycles. The summed E-state index contributed by atoms with van der Waals surface area (Å²) in [7, 11) is 0. The number of hydrogen-bond acceptors (Lipinski definition) is 2. The minimum absolute atomic E-state index is 0.0306. The van der Waals surface area contributed by atoms with Gasteiger partial charge in [-0.1, -0.05) is 0 Å². The van der Waals surface area contributed by atoms with E-state index in [0.717, 1.165) is 11.6 Å². The number of benzene rings is 1. The molecule has 2 aromatic rings. The number of aromatic nitrogens is 1. The molecule has 0 saturated carbocycles. The van der Waals surface area contributed by atoms with Gasteiger partial charge in [-0.3, -0.25) is 4.79 Å². The number of pyridine rings is 1. The third kappa shape index (κ3) is 1.30. The molecule has 0 bridgehead atoms. The third-order valence-electron chi connectivity index (χ3n) is 3.39. The maximum Gasteiger partial charge on any atom is 0.341 e. The van der Waals surface area contributed by atoms with E-state index in [1.807, 2.05) is 6.92 Å². The van der Waals surface area contributed by atoms with Gasteiger partial charge in [0.1, 0.15) is 11.4 Å². The molecule has 0 spiro atoms. The standard InChI is InChI=1S/C13H10FNO3/c1-6-2-7-3-8(14)4-9-11(7)15(6)5-10(12(9)16)13(17)18/h3-6H,2H2,1H3,(H,17,18). The van der Waals surface area contributed by atoms with Crippen LogP contribution in [0.1, 0.15) is 28.9 Å². The summed E-state index contributed by atoms with van der Waals surface area (Å²) in [5.41, 5.74) is 0.474. The lowest BCUT2D eigenvalue weighted by Gasteiger charge is -2.10. The van der Waals surface area contributed by atoms with E-state index in [1.54, 1.807) is 4.57 Å². The Labute approximate surface area is 101 Å². The highest BCUT2D eigenvalue weighted by atomic mass is 19.1. The summed E-state index contributed by atoms with van der Waals surface area (Å²) in [4.78, 5) is 23.0. The van der Waals surface area contributed by atoms with Crippen LogP contribution in [-0.2, 0) is 6.42 Å². The summed E-state index contributed by atoms with van der Waals surface area (Å²) >= 11 is 0. The number of carboxylic acid groups (broad SMARTS) is 1. The van der Waals surface area contributed by atoms with Gasteiger partial charge < -0.3 is 9.67 Å². The van der Waals surface area contributed by atoms with Gasteiger partial charge in [-0.05, 0) is 31.0 Å². The molecule has 3 rings (SSSR count). The molecule has 4 nitrogen and oxygen atoms in total. The zero-order valence-electron chi connectivity index (χ0n) is 9.61. The Morgan fingerprint density at radius 3 is 2.89 bits per heavy atom. The molecule has 92 valence electrons. The van der Waals surface area contributed by atoms with Crippen molar-refractivity contribution in [1.29, 1.82) is 0 Å². The smallest absolute Gasteiger partial charge is 0.341 e. The van der Waals surface area contributed by atoms with Crippen LogP contribution in [0.4, 0.5) is 4.39 Å². The van der Waals surface area contributed by atoms with E-state index >= 15 is 0 Å². The Balaban J connectivity index is 2.54. The lowest BCUT2D eigenvalue weighted by Crippen LogP contribution is -2.18. The molecule has 2 heterocycles. The van der Waals surface area contributed by atoms with Crippen molar-refractivity contribution >= 4 is 16.9 Å². The first kappa shape index (κ1) is 11.0. The lowest BCUT2D eigenvalue weighted by molar-refractivity contribution is 0.0695. The SMILES string of the molecule is CC1Cc2cc(F)cc3c(=O)c(C(=O)O)cn1c23. The highest BCUT2D eigenvalue weighted by Crippen LogP contribution is 2.31. The summed E-state index contributed by atoms with van der Waals surface area (Å²) in [5.74, 6) is -1.78. The number of hydrogen-bond donors (Lipinski definition) is 1. The van der Waals surface area contributed by atoms with E-state index in [0.29, 0.717) is 11.9 Å². The number of carbonyl (C=O) groups is 1. The van der Waals surface area contributed by atoms with Crippen LogP contribution >= 0.6 is 0 Å². The van der Waals surface area contributed by atoms with Crippen LogP contribution in [0.15, 0.2) is 23.1 Å². The molecule has 1 aromatic heterocycles. The first-order chi connectivity index (χ1) is 8.49. The van der Waals surface area contributed by atoms with Crippen LogP contribution in [0.3, 0.4) is 0 Å². The van der Waals surface area contributed by atoms with Gasteiger partial charge in [0.25, 0.3) is 0 Å². The van der Waals surface area contributed by atoms with Crippen molar-refractivity contribution in [1.82, 2.24) is 4.57 Å². The van der Waals surface area contributed by atoms with Crippen molar-refractivity contribution in [3.8, 4) is 0 Å². The van der Waals surface area contributed by atoms with E-state index in [-0.39, 0.29) is 17.0 Å². The molecule has 18 heavy (non-hydrogen) atoms. The number of aromatic carboxylic acids is 1. The fourth-order valence-corrected chi connectivity index (χ4v) is 2.61. The maximum atomic E-state index is 13.5. The highest BCUT2D eigenvalue weighted by molar-refractivity contribution is 5.94. The van der Waals surface area contributed by atoms with E-state index < -0.39 is 17.2 Å². The Bertz CT molecular complexity index is 748. The van der Waals surface area contributed by atoms with Crippen molar-refractivity contribution in [3.63, 3.8) is 0 Å². The predicted octanol–water partition coefficient (Wildman–Crippen LogP) is 1.96. The molecule has 1 unspecified atom stereocenters. The number of rotatable bonds is 1. The van der Waals surface area contributed by atoms with Gasteiger partial charge in [-0.25, -0.2) is 9.18 Å². The fraction of sp³-hybridized carbons (Fsp3) is 0.231. The van der Waals surface area contributed by atoms with Crippen molar-refractivity contribution in [2.24, 2.45) is 0 Å². The topological polar surface area (TPSA) is 59.3 Å². The van der Waals surface area contributed by atoms with E-state index in [9.17, 15) is 14.0 Å². The van der Waals surface area contributed by atoms with Gasteiger partial charge in [-0.15, -0.1) is 0 Å². The molecule has 1 N–H and O–H groups in total. The van der Waals surface area contributed by atoms with Crippen molar-refractivity contribution in [2.45, 2.75) is 19.4 Å². The molecule has 0 aliphatic carbocycles. The van der Waals surface area contributed by atoms with Gasteiger partial charge in [-0.2, -0.15) is 0 Å². The Morgan fingerprint density at radius 1 is 1.50 bits per heavy atom. The molecule has 0 amide bonds. The summed E-state index contributed by atoms with van der Waals surface area (Å²) in [5, 5.41) is 9.16. The third-order valence-corrected chi connectivity index (χ3v) is 3.39. The summed E-state index contributed by atoms with van der Waals surface area (Å²) in [6.45, 7) is 1.91. The van der Waals surface area contributed by atoms with Gasteiger partial charge in [0.15, 0.2) is 0 Å². The van der Waals surface area contributed by atoms with Crippen LogP contribution < -0.4 is 5.43 Å². The molecule has 0 saturated heterocycles. The molecule has 1 aliphatic heterocycles. The number of nitrogens with zero attached hydrogens (tertiary/aromatic N) is 1. The number of carboxylic acids is 1. The summed E-state index contributed by atoms with van der Waals surface area (Å²) in [6, 6.07) is 2.55. The first-order valence-corrected chi connectivity index (χ1v) is 5.59. The fourth-order valence-electron chi connectivity index (χ4n) is 2.61. The van der Waals surface area contributed by atoms with Crippen LogP contribution in [0.5, 0.6) is 0 Å². The minimum atomic E-state index is -1.28. The largest absolute Gasteiger partial charge is 0.477 e. The molecule has 0 fully saturated rings. The molecular weight excluding hydrogens is 237 g/mol. The normalized spacial score (nSPS) is 17.3. The van der Waals surface area contributed by atoms with Crippen molar-refractivity contribution < 1.29 is 14.3 Å². The van der Waals surface area contributed by atoms with Gasteiger partial charge >= 0.3 is 5.97 Å². The van der Waals surface area contributed by atoms with Crippen LogP contribution in [0.2, 0.25) is 0 Å². The average Bonchev–Trinajstić information content (AvgIpc) is 2.59. The van der Waals surface area contributed by atoms with Gasteiger partial charge in [0, 0.05) is 17.6 Å². The zero-order valence-corrected chi connectivity index (χ0v) is 9.61. The summed E-state index contributed by atoms with van der Waals surface area (Å²) < 4.78 is 15.2. The van der Waals surface area contributed by atoms with E-state index in [2.05, 4.69) is 0 Å². The quantitative estimate of drug-likeness (QED) is 0.837. The van der Waals surface area contributed by atoms with Crippen LogP contribution in [-0.4, -0.2) is 15.6 Å². The van der Waals surface area contributed by atoms with Crippen molar-refractivity contribution in [2.75, 3.05) is 0 Å². The van der Waals surface area contributed by atoms with E-state index in [4.69, 9.17) is 5.11 Å². The van der Waals surface area contributed by atoms with Crippen LogP contribution in [0.25, 0.3) is 10.9 Å². The second-order valence-corrected chi connectivity index (χ2v) is 4.60. The number of halogens is 1. The monoisotopic (exact) mass is 247 g/mol. The molecule has 1 atom stereocenters. The maximum absolute atomic E-state index is 13.5. The molecule has 1 aliphatic rings. The van der Waals surface area contributed by atoms with E-state index in [1.165, 1.54) is 12.3 Å². The van der Waals surface area contributed by atoms with Crippen LogP contribution in [0, 0.1) is 5.82 Å².